The molecule has 0 fully saturated rings. The van der Waals surface area contributed by atoms with Gasteiger partial charge in [0.1, 0.15) is 11.3 Å². The van der Waals surface area contributed by atoms with Gasteiger partial charge in [-0.1, -0.05) is 0 Å². The number of hydrogen-bond donors (Lipinski definition) is 0. The molecule has 0 aliphatic rings. The molecule has 0 atom stereocenters. The molecule has 0 N–H and O–H groups in total. The Morgan fingerprint density at radius 1 is 1.50 bits per heavy atom. The van der Waals surface area contributed by atoms with Crippen LogP contribution in [-0.2, 0) is 29.0 Å². The fourth-order valence-electron chi connectivity index (χ4n) is 2.02. The molecule has 0 aliphatic heterocycles. The average molecular weight is 271 g/mol. The molecule has 7 heteroatoms. The Bertz CT molecular complexity index is 587. The summed E-state index contributed by atoms with van der Waals surface area (Å²) in [6, 6.07) is 0. The first-order valence-corrected chi connectivity index (χ1v) is 6.13. The van der Waals surface area contributed by atoms with Crippen molar-refractivity contribution in [3.05, 3.63) is 11.5 Å². The van der Waals surface area contributed by atoms with E-state index in [0.717, 1.165) is 22.7 Å². The molecule has 0 saturated carbocycles. The minimum absolute atomic E-state index is 0.253. The normalized spacial score (nSPS) is 11.1. The first kappa shape index (κ1) is 12.9. The number of ether oxygens (including phenoxy) is 1. The van der Waals surface area contributed by atoms with Crippen molar-refractivity contribution in [2.24, 2.45) is 7.05 Å². The number of halogens is 1. The fraction of sp³-hybridized carbons (Fsp3) is 0.545. The molecule has 2 aromatic heterocycles. The predicted molar refractivity (Wildman–Crippen MR) is 67.4 cm³/mol. The van der Waals surface area contributed by atoms with Gasteiger partial charge < -0.3 is 9.30 Å². The highest BCUT2D eigenvalue weighted by Crippen LogP contribution is 2.20. The van der Waals surface area contributed by atoms with E-state index in [1.807, 2.05) is 18.5 Å². The number of rotatable bonds is 4. The molecule has 0 saturated heterocycles. The van der Waals surface area contributed by atoms with Gasteiger partial charge in [0.2, 0.25) is 0 Å². The molecule has 0 aromatic carbocycles. The van der Waals surface area contributed by atoms with Crippen LogP contribution in [0.1, 0.15) is 17.9 Å². The Morgan fingerprint density at radius 2 is 2.22 bits per heavy atom. The standard InChI is InChI=1S/C11H15ClN4O2/c1-7-10-11(15(2)14-7)16(8(6-12)13-10)5-4-9(17)18-3/h4-6H2,1-3H3. The number of nitrogens with zero attached hydrogens (tertiary/aromatic N) is 4. The molecule has 2 rings (SSSR count). The Hall–Kier alpha value is -1.56. The fourth-order valence-corrected chi connectivity index (χ4v) is 2.23. The maximum absolute atomic E-state index is 11.2. The zero-order valence-corrected chi connectivity index (χ0v) is 11.4. The van der Waals surface area contributed by atoms with Crippen molar-refractivity contribution < 1.29 is 9.53 Å². The molecule has 0 amide bonds. The van der Waals surface area contributed by atoms with Gasteiger partial charge in [-0.15, -0.1) is 11.6 Å². The summed E-state index contributed by atoms with van der Waals surface area (Å²) in [6.07, 6.45) is 0.288. The number of esters is 1. The first-order chi connectivity index (χ1) is 8.58. The van der Waals surface area contributed by atoms with E-state index in [4.69, 9.17) is 11.6 Å². The number of fused-ring (bicyclic) bond motifs is 1. The van der Waals surface area contributed by atoms with Crippen LogP contribution in [0.25, 0.3) is 11.2 Å². The molecular formula is C11H15ClN4O2. The second-order valence-electron chi connectivity index (χ2n) is 4.02. The highest BCUT2D eigenvalue weighted by molar-refractivity contribution is 6.16. The van der Waals surface area contributed by atoms with E-state index in [-0.39, 0.29) is 12.4 Å². The molecule has 0 aliphatic carbocycles. The van der Waals surface area contributed by atoms with E-state index in [9.17, 15) is 4.79 Å². The molecule has 6 nitrogen and oxygen atoms in total. The molecule has 98 valence electrons. The summed E-state index contributed by atoms with van der Waals surface area (Å²) in [6.45, 7) is 2.39. The van der Waals surface area contributed by atoms with Crippen LogP contribution >= 0.6 is 11.6 Å². The lowest BCUT2D eigenvalue weighted by molar-refractivity contribution is -0.140. The first-order valence-electron chi connectivity index (χ1n) is 5.60. The van der Waals surface area contributed by atoms with Gasteiger partial charge >= 0.3 is 5.97 Å². The van der Waals surface area contributed by atoms with Crippen molar-refractivity contribution in [2.45, 2.75) is 25.8 Å². The van der Waals surface area contributed by atoms with E-state index >= 15 is 0 Å². The third-order valence-corrected chi connectivity index (χ3v) is 3.09. The van der Waals surface area contributed by atoms with Crippen LogP contribution in [0, 0.1) is 6.92 Å². The Morgan fingerprint density at radius 3 is 2.83 bits per heavy atom. The van der Waals surface area contributed by atoms with Crippen LogP contribution in [-0.4, -0.2) is 32.4 Å². The molecule has 0 radical (unpaired) electrons. The van der Waals surface area contributed by atoms with Crippen molar-refractivity contribution >= 4 is 28.7 Å². The second kappa shape index (κ2) is 4.97. The minimum Gasteiger partial charge on any atom is -0.469 e. The zero-order valence-electron chi connectivity index (χ0n) is 10.6. The maximum atomic E-state index is 11.2. The number of methoxy groups -OCH3 is 1. The largest absolute Gasteiger partial charge is 0.469 e. The van der Waals surface area contributed by atoms with Crippen molar-refractivity contribution in [3.8, 4) is 0 Å². The summed E-state index contributed by atoms with van der Waals surface area (Å²) in [4.78, 5) is 15.7. The lowest BCUT2D eigenvalue weighted by atomic mass is 10.4. The topological polar surface area (TPSA) is 61.9 Å². The minimum atomic E-state index is -0.253. The van der Waals surface area contributed by atoms with E-state index in [2.05, 4.69) is 14.8 Å². The lowest BCUT2D eigenvalue weighted by Gasteiger charge is -2.07. The summed E-state index contributed by atoms with van der Waals surface area (Å²) < 4.78 is 8.31. The van der Waals surface area contributed by atoms with Crippen molar-refractivity contribution in [3.63, 3.8) is 0 Å². The van der Waals surface area contributed by atoms with Crippen molar-refractivity contribution in [1.29, 1.82) is 0 Å². The highest BCUT2D eigenvalue weighted by Gasteiger charge is 2.17. The number of alkyl halides is 1. The van der Waals surface area contributed by atoms with Gasteiger partial charge in [-0.25, -0.2) is 4.98 Å². The van der Waals surface area contributed by atoms with Crippen LogP contribution in [0.3, 0.4) is 0 Å². The van der Waals surface area contributed by atoms with Crippen molar-refractivity contribution in [1.82, 2.24) is 19.3 Å². The second-order valence-corrected chi connectivity index (χ2v) is 4.29. The lowest BCUT2D eigenvalue weighted by Crippen LogP contribution is -2.11. The van der Waals surface area contributed by atoms with Gasteiger partial charge in [-0.2, -0.15) is 5.10 Å². The smallest absolute Gasteiger partial charge is 0.307 e. The molecule has 0 spiro atoms. The zero-order chi connectivity index (χ0) is 13.3. The number of carbonyl (C=O) groups excluding carboxylic acids is 1. The SMILES string of the molecule is COC(=O)CCn1c(CCl)nc2c(C)nn(C)c21. The predicted octanol–water partition coefficient (Wildman–Crippen LogP) is 1.38. The number of imidazole rings is 1. The van der Waals surface area contributed by atoms with E-state index in [1.165, 1.54) is 7.11 Å². The number of aromatic nitrogens is 4. The van der Waals surface area contributed by atoms with Crippen molar-refractivity contribution in [2.75, 3.05) is 7.11 Å². The quantitative estimate of drug-likeness (QED) is 0.622. The molecule has 2 aromatic rings. The van der Waals surface area contributed by atoms with Gasteiger partial charge in [0, 0.05) is 13.6 Å². The molecule has 18 heavy (non-hydrogen) atoms. The summed E-state index contributed by atoms with van der Waals surface area (Å²) in [5.74, 6) is 0.790. The van der Waals surface area contributed by atoms with Crippen LogP contribution < -0.4 is 0 Å². The molecule has 2 heterocycles. The summed E-state index contributed by atoms with van der Waals surface area (Å²) in [5.41, 5.74) is 2.57. The van der Waals surface area contributed by atoms with Crippen LogP contribution in [0.5, 0.6) is 0 Å². The van der Waals surface area contributed by atoms with E-state index in [0.29, 0.717) is 12.4 Å². The van der Waals surface area contributed by atoms with Gasteiger partial charge in [0.25, 0.3) is 0 Å². The Balaban J connectivity index is 2.43. The summed E-state index contributed by atoms with van der Waals surface area (Å²) in [5, 5.41) is 4.31. The third-order valence-electron chi connectivity index (χ3n) is 2.86. The van der Waals surface area contributed by atoms with E-state index < -0.39 is 0 Å². The molecular weight excluding hydrogens is 256 g/mol. The number of aryl methyl sites for hydroxylation is 3. The Labute approximate surface area is 109 Å². The van der Waals surface area contributed by atoms with Crippen LogP contribution in [0.4, 0.5) is 0 Å². The van der Waals surface area contributed by atoms with Gasteiger partial charge in [0.05, 0.1) is 25.1 Å². The third kappa shape index (κ3) is 2.08. The van der Waals surface area contributed by atoms with Crippen LogP contribution in [0.2, 0.25) is 0 Å². The number of carbonyl (C=O) groups is 1. The van der Waals surface area contributed by atoms with E-state index in [1.54, 1.807) is 4.68 Å². The van der Waals surface area contributed by atoms with Gasteiger partial charge in [-0.3, -0.25) is 9.48 Å². The van der Waals surface area contributed by atoms with Gasteiger partial charge in [-0.05, 0) is 6.92 Å². The van der Waals surface area contributed by atoms with Crippen LogP contribution in [0.15, 0.2) is 0 Å². The maximum Gasteiger partial charge on any atom is 0.307 e. The van der Waals surface area contributed by atoms with Gasteiger partial charge in [0.15, 0.2) is 5.65 Å². The monoisotopic (exact) mass is 270 g/mol. The highest BCUT2D eigenvalue weighted by atomic mass is 35.5. The molecule has 0 bridgehead atoms. The number of hydrogen-bond acceptors (Lipinski definition) is 4. The summed E-state index contributed by atoms with van der Waals surface area (Å²) >= 11 is 5.89. The average Bonchev–Trinajstić information content (AvgIpc) is 2.85. The Kier molecular flexibility index (Phi) is 3.56. The summed E-state index contributed by atoms with van der Waals surface area (Å²) in [7, 11) is 3.23. The molecule has 0 unspecified atom stereocenters.